The molecule has 2 aromatic carbocycles. The van der Waals surface area contributed by atoms with Crippen LogP contribution in [0.4, 0.5) is 18.9 Å². The number of hydrogen-bond donors (Lipinski definition) is 1. The number of nitriles is 1. The maximum absolute atomic E-state index is 12.7. The van der Waals surface area contributed by atoms with E-state index < -0.39 is 11.7 Å². The van der Waals surface area contributed by atoms with E-state index in [0.717, 1.165) is 25.0 Å². The van der Waals surface area contributed by atoms with Crippen LogP contribution in [0.15, 0.2) is 42.5 Å². The number of halogens is 4. The van der Waals surface area contributed by atoms with Crippen LogP contribution in [0.3, 0.4) is 0 Å². The molecule has 0 atom stereocenters. The first-order chi connectivity index (χ1) is 13.3. The van der Waals surface area contributed by atoms with E-state index in [1.165, 1.54) is 24.3 Å². The third-order valence-corrected chi connectivity index (χ3v) is 4.76. The van der Waals surface area contributed by atoms with Gasteiger partial charge in [-0.1, -0.05) is 23.7 Å². The Morgan fingerprint density at radius 3 is 2.43 bits per heavy atom. The molecule has 3 rings (SSSR count). The van der Waals surface area contributed by atoms with Crippen LogP contribution in [0.25, 0.3) is 0 Å². The van der Waals surface area contributed by atoms with Crippen LogP contribution in [-0.4, -0.2) is 23.4 Å². The van der Waals surface area contributed by atoms with E-state index in [2.05, 4.69) is 5.32 Å². The molecule has 0 bridgehead atoms. The smallest absolute Gasteiger partial charge is 0.325 e. The molecule has 0 heterocycles. The molecule has 1 amide bonds. The van der Waals surface area contributed by atoms with Crippen molar-refractivity contribution in [3.05, 3.63) is 64.2 Å². The van der Waals surface area contributed by atoms with Crippen molar-refractivity contribution in [2.45, 2.75) is 31.6 Å². The molecule has 1 aliphatic carbocycles. The summed E-state index contributed by atoms with van der Waals surface area (Å²) in [6, 6.07) is 11.8. The van der Waals surface area contributed by atoms with Crippen LogP contribution in [0.2, 0.25) is 5.02 Å². The molecular formula is C20H17ClF3N3O. The summed E-state index contributed by atoms with van der Waals surface area (Å²) >= 11 is 5.97. The van der Waals surface area contributed by atoms with Crippen molar-refractivity contribution in [1.29, 1.82) is 5.26 Å². The van der Waals surface area contributed by atoms with E-state index in [-0.39, 0.29) is 23.5 Å². The highest BCUT2D eigenvalue weighted by Crippen LogP contribution is 2.31. The number of nitrogens with zero attached hydrogens (tertiary/aromatic N) is 2. The number of hydrogen-bond acceptors (Lipinski definition) is 3. The highest BCUT2D eigenvalue weighted by atomic mass is 35.5. The van der Waals surface area contributed by atoms with Crippen LogP contribution in [0.5, 0.6) is 0 Å². The molecule has 2 aromatic rings. The second-order valence-electron chi connectivity index (χ2n) is 6.69. The van der Waals surface area contributed by atoms with E-state index in [4.69, 9.17) is 16.9 Å². The molecule has 0 aliphatic heterocycles. The van der Waals surface area contributed by atoms with E-state index in [1.54, 1.807) is 6.07 Å². The molecule has 4 nitrogen and oxygen atoms in total. The van der Waals surface area contributed by atoms with Gasteiger partial charge in [0.15, 0.2) is 0 Å². The van der Waals surface area contributed by atoms with Crippen molar-refractivity contribution in [2.24, 2.45) is 0 Å². The lowest BCUT2D eigenvalue weighted by molar-refractivity contribution is -0.137. The second-order valence-corrected chi connectivity index (χ2v) is 7.09. The van der Waals surface area contributed by atoms with E-state index in [0.29, 0.717) is 23.4 Å². The van der Waals surface area contributed by atoms with Gasteiger partial charge in [0.25, 0.3) is 0 Å². The van der Waals surface area contributed by atoms with Gasteiger partial charge in [0.1, 0.15) is 6.07 Å². The SMILES string of the molecule is N#Cc1ccc(NC(=O)CN(Cc2ccc(C(F)(F)F)cc2)C2CC2)cc1Cl. The zero-order valence-corrected chi connectivity index (χ0v) is 15.5. The molecule has 8 heteroatoms. The van der Waals surface area contributed by atoms with Gasteiger partial charge in [0.2, 0.25) is 5.91 Å². The summed E-state index contributed by atoms with van der Waals surface area (Å²) in [6.45, 7) is 0.508. The Morgan fingerprint density at radius 2 is 1.89 bits per heavy atom. The molecule has 146 valence electrons. The van der Waals surface area contributed by atoms with Crippen LogP contribution < -0.4 is 5.32 Å². The number of nitrogens with one attached hydrogen (secondary N) is 1. The maximum atomic E-state index is 12.7. The topological polar surface area (TPSA) is 56.1 Å². The molecule has 1 aliphatic rings. The van der Waals surface area contributed by atoms with Crippen LogP contribution >= 0.6 is 11.6 Å². The maximum Gasteiger partial charge on any atom is 0.416 e. The fourth-order valence-electron chi connectivity index (χ4n) is 2.86. The number of carbonyl (C=O) groups is 1. The first-order valence-corrected chi connectivity index (χ1v) is 9.04. The van der Waals surface area contributed by atoms with Crippen LogP contribution in [-0.2, 0) is 17.5 Å². The van der Waals surface area contributed by atoms with Gasteiger partial charge in [-0.3, -0.25) is 9.69 Å². The summed E-state index contributed by atoms with van der Waals surface area (Å²) in [7, 11) is 0. The molecule has 0 radical (unpaired) electrons. The largest absolute Gasteiger partial charge is 0.416 e. The predicted octanol–water partition coefficient (Wildman–Crippen LogP) is 4.83. The first kappa shape index (κ1) is 20.2. The molecule has 1 fully saturated rings. The Morgan fingerprint density at radius 1 is 1.21 bits per heavy atom. The Labute approximate surface area is 165 Å². The molecule has 1 N–H and O–H groups in total. The third kappa shape index (κ3) is 5.24. The minimum Gasteiger partial charge on any atom is -0.325 e. The third-order valence-electron chi connectivity index (χ3n) is 4.45. The van der Waals surface area contributed by atoms with Crippen molar-refractivity contribution >= 4 is 23.2 Å². The van der Waals surface area contributed by atoms with Crippen LogP contribution in [0, 0.1) is 11.3 Å². The van der Waals surface area contributed by atoms with Gasteiger partial charge in [-0.25, -0.2) is 0 Å². The molecule has 0 unspecified atom stereocenters. The summed E-state index contributed by atoms with van der Waals surface area (Å²) in [5, 5.41) is 11.9. The standard InChI is InChI=1S/C20H17ClF3N3O/c21-18-9-16(6-3-14(18)10-25)26-19(28)12-27(17-7-8-17)11-13-1-4-15(5-2-13)20(22,23)24/h1-6,9,17H,7-8,11-12H2,(H,26,28). The molecule has 1 saturated carbocycles. The summed E-state index contributed by atoms with van der Waals surface area (Å²) in [5.74, 6) is -0.250. The molecule has 0 saturated heterocycles. The highest BCUT2D eigenvalue weighted by molar-refractivity contribution is 6.32. The highest BCUT2D eigenvalue weighted by Gasteiger charge is 2.32. The normalized spacial score (nSPS) is 14.0. The summed E-state index contributed by atoms with van der Waals surface area (Å²) in [4.78, 5) is 14.3. The quantitative estimate of drug-likeness (QED) is 0.746. The van der Waals surface area contributed by atoms with Gasteiger partial charge in [-0.05, 0) is 48.7 Å². The number of benzene rings is 2. The lowest BCUT2D eigenvalue weighted by Crippen LogP contribution is -2.34. The van der Waals surface area contributed by atoms with Gasteiger partial charge in [0.05, 0.1) is 22.7 Å². The number of amides is 1. The van der Waals surface area contributed by atoms with Crippen LogP contribution in [0.1, 0.15) is 29.5 Å². The fraction of sp³-hybridized carbons (Fsp3) is 0.300. The molecule has 0 aromatic heterocycles. The van der Waals surface area contributed by atoms with Crippen molar-refractivity contribution < 1.29 is 18.0 Å². The summed E-state index contributed by atoms with van der Waals surface area (Å²) < 4.78 is 38.1. The minimum atomic E-state index is -4.36. The average Bonchev–Trinajstić information content (AvgIpc) is 3.46. The van der Waals surface area contributed by atoms with Gasteiger partial charge >= 0.3 is 6.18 Å². The molecule has 0 spiro atoms. The van der Waals surface area contributed by atoms with Crippen molar-refractivity contribution in [3.63, 3.8) is 0 Å². The molecular weight excluding hydrogens is 391 g/mol. The zero-order chi connectivity index (χ0) is 20.3. The monoisotopic (exact) mass is 407 g/mol. The Bertz CT molecular complexity index is 902. The van der Waals surface area contributed by atoms with Gasteiger partial charge in [0, 0.05) is 18.3 Å². The Kier molecular flexibility index (Phi) is 5.92. The number of anilines is 1. The summed E-state index contributed by atoms with van der Waals surface area (Å²) in [5.41, 5.74) is 0.833. The predicted molar refractivity (Wildman–Crippen MR) is 99.7 cm³/mol. The average molecular weight is 408 g/mol. The van der Waals surface area contributed by atoms with E-state index in [1.807, 2.05) is 11.0 Å². The van der Waals surface area contributed by atoms with Gasteiger partial charge in [-0.15, -0.1) is 0 Å². The zero-order valence-electron chi connectivity index (χ0n) is 14.8. The lowest BCUT2D eigenvalue weighted by atomic mass is 10.1. The minimum absolute atomic E-state index is 0.114. The van der Waals surface area contributed by atoms with Crippen molar-refractivity contribution in [2.75, 3.05) is 11.9 Å². The van der Waals surface area contributed by atoms with Crippen molar-refractivity contribution in [3.8, 4) is 6.07 Å². The Balaban J connectivity index is 1.62. The number of rotatable bonds is 6. The number of carbonyl (C=O) groups excluding carboxylic acids is 1. The van der Waals surface area contributed by atoms with E-state index in [9.17, 15) is 18.0 Å². The molecule has 28 heavy (non-hydrogen) atoms. The lowest BCUT2D eigenvalue weighted by Gasteiger charge is -2.22. The van der Waals surface area contributed by atoms with Gasteiger partial charge in [-0.2, -0.15) is 18.4 Å². The number of alkyl halides is 3. The van der Waals surface area contributed by atoms with E-state index >= 15 is 0 Å². The van der Waals surface area contributed by atoms with Gasteiger partial charge < -0.3 is 5.32 Å². The first-order valence-electron chi connectivity index (χ1n) is 8.66. The fourth-order valence-corrected chi connectivity index (χ4v) is 3.08. The summed E-state index contributed by atoms with van der Waals surface area (Å²) in [6.07, 6.45) is -2.45. The second kappa shape index (κ2) is 8.21. The van der Waals surface area contributed by atoms with Crippen molar-refractivity contribution in [1.82, 2.24) is 4.90 Å². The Hall–Kier alpha value is -2.56.